The molecular weight excluding hydrogens is 278 g/mol. The molecule has 120 valence electrons. The topological polar surface area (TPSA) is 59.4 Å². The van der Waals surface area contributed by atoms with Crippen molar-refractivity contribution in [1.82, 2.24) is 4.98 Å². The fraction of sp³-hybridized carbons (Fsp3) is 0.667. The Labute approximate surface area is 131 Å². The molecule has 1 N–H and O–H groups in total. The van der Waals surface area contributed by atoms with Gasteiger partial charge in [0.05, 0.1) is 12.0 Å². The van der Waals surface area contributed by atoms with Crippen molar-refractivity contribution in [3.05, 3.63) is 23.9 Å². The van der Waals surface area contributed by atoms with Gasteiger partial charge in [-0.15, -0.1) is 0 Å². The first-order valence-corrected chi connectivity index (χ1v) is 8.53. The van der Waals surface area contributed by atoms with Gasteiger partial charge < -0.3 is 9.84 Å². The zero-order valence-electron chi connectivity index (χ0n) is 13.1. The van der Waals surface area contributed by atoms with Crippen molar-refractivity contribution in [2.45, 2.75) is 63.2 Å². The second kappa shape index (κ2) is 6.67. The lowest BCUT2D eigenvalue weighted by molar-refractivity contribution is -0.143. The number of aromatic nitrogens is 1. The molecule has 1 heterocycles. The number of aliphatic carboxylic acids is 1. The third kappa shape index (κ3) is 3.11. The Morgan fingerprint density at radius 2 is 1.95 bits per heavy atom. The van der Waals surface area contributed by atoms with Crippen molar-refractivity contribution >= 4 is 5.97 Å². The molecule has 0 bridgehead atoms. The van der Waals surface area contributed by atoms with Crippen LogP contribution in [0.3, 0.4) is 0 Å². The Hall–Kier alpha value is -1.58. The second-order valence-electron chi connectivity index (χ2n) is 6.79. The van der Waals surface area contributed by atoms with Crippen LogP contribution in [0.2, 0.25) is 0 Å². The van der Waals surface area contributed by atoms with Gasteiger partial charge in [-0.3, -0.25) is 4.79 Å². The first-order valence-electron chi connectivity index (χ1n) is 8.53. The largest absolute Gasteiger partial charge is 0.481 e. The molecule has 0 spiro atoms. The van der Waals surface area contributed by atoms with Crippen LogP contribution in [-0.2, 0) is 10.2 Å². The van der Waals surface area contributed by atoms with E-state index >= 15 is 0 Å². The van der Waals surface area contributed by atoms with Crippen molar-refractivity contribution in [3.63, 3.8) is 0 Å². The van der Waals surface area contributed by atoms with Crippen LogP contribution >= 0.6 is 0 Å². The molecule has 1 aromatic heterocycles. The minimum Gasteiger partial charge on any atom is -0.481 e. The molecule has 0 aliphatic heterocycles. The molecule has 22 heavy (non-hydrogen) atoms. The van der Waals surface area contributed by atoms with Crippen LogP contribution in [0.1, 0.15) is 63.4 Å². The maximum Gasteiger partial charge on any atom is 0.314 e. The van der Waals surface area contributed by atoms with Crippen LogP contribution < -0.4 is 4.74 Å². The maximum absolute atomic E-state index is 11.8. The molecule has 0 atom stereocenters. The number of carboxylic acids is 1. The molecule has 0 radical (unpaired) electrons. The van der Waals surface area contributed by atoms with E-state index in [2.05, 4.69) is 4.98 Å². The highest BCUT2D eigenvalue weighted by atomic mass is 16.5. The van der Waals surface area contributed by atoms with Gasteiger partial charge in [0.2, 0.25) is 5.88 Å². The molecule has 0 aromatic carbocycles. The number of carboxylic acid groups (broad SMARTS) is 1. The highest BCUT2D eigenvalue weighted by Gasteiger charge is 2.43. The fourth-order valence-electron chi connectivity index (χ4n) is 3.95. The summed E-state index contributed by atoms with van der Waals surface area (Å²) in [6, 6.07) is 3.69. The van der Waals surface area contributed by atoms with Gasteiger partial charge in [0.15, 0.2) is 0 Å². The van der Waals surface area contributed by atoms with Crippen molar-refractivity contribution in [1.29, 1.82) is 0 Å². The van der Waals surface area contributed by atoms with Crippen molar-refractivity contribution in [2.24, 2.45) is 5.92 Å². The predicted molar refractivity (Wildman–Crippen MR) is 84.1 cm³/mol. The Balaban J connectivity index is 1.70. The predicted octanol–water partition coefficient (Wildman–Crippen LogP) is 3.94. The zero-order valence-corrected chi connectivity index (χ0v) is 13.1. The van der Waals surface area contributed by atoms with E-state index in [1.54, 1.807) is 6.20 Å². The zero-order chi connectivity index (χ0) is 15.4. The third-order valence-electron chi connectivity index (χ3n) is 5.35. The highest BCUT2D eigenvalue weighted by Crippen LogP contribution is 2.42. The normalized spacial score (nSPS) is 21.6. The lowest BCUT2D eigenvalue weighted by Gasteiger charge is -2.25. The molecule has 0 saturated heterocycles. The standard InChI is InChI=1S/C18H25NO3/c20-17(21)18(9-4-5-10-18)15-8-11-19-16(12-15)22-13-14-6-2-1-3-7-14/h8,11-12,14H,1-7,9-10,13H2,(H,20,21). The summed E-state index contributed by atoms with van der Waals surface area (Å²) in [5.41, 5.74) is 0.123. The summed E-state index contributed by atoms with van der Waals surface area (Å²) in [5, 5.41) is 9.68. The minimum atomic E-state index is -0.730. The number of ether oxygens (including phenoxy) is 1. The molecule has 4 nitrogen and oxygen atoms in total. The van der Waals surface area contributed by atoms with Gasteiger partial charge in [-0.25, -0.2) is 4.98 Å². The summed E-state index contributed by atoms with van der Waals surface area (Å²) in [6.45, 7) is 0.705. The fourth-order valence-corrected chi connectivity index (χ4v) is 3.95. The maximum atomic E-state index is 11.8. The van der Waals surface area contributed by atoms with Crippen molar-refractivity contribution in [3.8, 4) is 5.88 Å². The quantitative estimate of drug-likeness (QED) is 0.895. The van der Waals surface area contributed by atoms with Crippen LogP contribution in [0, 0.1) is 5.92 Å². The van der Waals surface area contributed by atoms with E-state index in [1.807, 2.05) is 12.1 Å². The number of hydrogen-bond donors (Lipinski definition) is 1. The molecule has 4 heteroatoms. The van der Waals surface area contributed by atoms with Gasteiger partial charge in [0.25, 0.3) is 0 Å². The Morgan fingerprint density at radius 1 is 1.23 bits per heavy atom. The summed E-state index contributed by atoms with van der Waals surface area (Å²) < 4.78 is 5.87. The Bertz CT molecular complexity index is 517. The molecular formula is C18H25NO3. The summed E-state index contributed by atoms with van der Waals surface area (Å²) in [4.78, 5) is 16.0. The van der Waals surface area contributed by atoms with E-state index in [0.717, 1.165) is 18.4 Å². The van der Waals surface area contributed by atoms with Gasteiger partial charge in [0.1, 0.15) is 0 Å². The average Bonchev–Trinajstić information content (AvgIpc) is 3.05. The van der Waals surface area contributed by atoms with Gasteiger partial charge >= 0.3 is 5.97 Å². The average molecular weight is 303 g/mol. The van der Waals surface area contributed by atoms with Crippen molar-refractivity contribution < 1.29 is 14.6 Å². The smallest absolute Gasteiger partial charge is 0.314 e. The van der Waals surface area contributed by atoms with Crippen LogP contribution in [-0.4, -0.2) is 22.7 Å². The summed E-state index contributed by atoms with van der Waals surface area (Å²) in [6.07, 6.45) is 11.5. The summed E-state index contributed by atoms with van der Waals surface area (Å²) in [5.74, 6) is 0.490. The van der Waals surface area contributed by atoms with E-state index in [4.69, 9.17) is 4.74 Å². The van der Waals surface area contributed by atoms with E-state index in [9.17, 15) is 9.90 Å². The minimum absolute atomic E-state index is 0.579. The van der Waals surface area contributed by atoms with E-state index in [-0.39, 0.29) is 0 Å². The number of rotatable bonds is 5. The van der Waals surface area contributed by atoms with Gasteiger partial charge in [-0.1, -0.05) is 32.1 Å². The molecule has 2 fully saturated rings. The van der Waals surface area contributed by atoms with Gasteiger partial charge in [-0.2, -0.15) is 0 Å². The second-order valence-corrected chi connectivity index (χ2v) is 6.79. The lowest BCUT2D eigenvalue weighted by Crippen LogP contribution is -2.32. The van der Waals surface area contributed by atoms with Crippen LogP contribution in [0.5, 0.6) is 5.88 Å². The first kappa shape index (κ1) is 15.3. The SMILES string of the molecule is O=C(O)C1(c2ccnc(OCC3CCCCC3)c2)CCCC1. The first-order chi connectivity index (χ1) is 10.7. The van der Waals surface area contributed by atoms with E-state index < -0.39 is 11.4 Å². The summed E-state index contributed by atoms with van der Waals surface area (Å²) in [7, 11) is 0. The molecule has 2 aliphatic carbocycles. The van der Waals surface area contributed by atoms with Crippen LogP contribution in [0.25, 0.3) is 0 Å². The number of hydrogen-bond acceptors (Lipinski definition) is 3. The number of carbonyl (C=O) groups is 1. The molecule has 2 saturated carbocycles. The van der Waals surface area contributed by atoms with E-state index in [1.165, 1.54) is 32.1 Å². The van der Waals surface area contributed by atoms with Crippen LogP contribution in [0.4, 0.5) is 0 Å². The van der Waals surface area contributed by atoms with Crippen LogP contribution in [0.15, 0.2) is 18.3 Å². The molecule has 3 rings (SSSR count). The third-order valence-corrected chi connectivity index (χ3v) is 5.35. The molecule has 2 aliphatic rings. The highest BCUT2D eigenvalue weighted by molar-refractivity contribution is 5.81. The van der Waals surface area contributed by atoms with Gasteiger partial charge in [-0.05, 0) is 43.2 Å². The van der Waals surface area contributed by atoms with E-state index in [0.29, 0.717) is 31.2 Å². The molecule has 0 unspecified atom stereocenters. The Morgan fingerprint density at radius 3 is 2.64 bits per heavy atom. The lowest BCUT2D eigenvalue weighted by atomic mass is 9.79. The Kier molecular flexibility index (Phi) is 4.65. The molecule has 0 amide bonds. The molecule has 1 aromatic rings. The summed E-state index contributed by atoms with van der Waals surface area (Å²) >= 11 is 0. The number of nitrogens with zero attached hydrogens (tertiary/aromatic N) is 1. The van der Waals surface area contributed by atoms with Gasteiger partial charge in [0, 0.05) is 12.3 Å². The monoisotopic (exact) mass is 303 g/mol. The number of pyridine rings is 1. The van der Waals surface area contributed by atoms with Crippen molar-refractivity contribution in [2.75, 3.05) is 6.61 Å².